The molecule has 2 aromatic carbocycles. The van der Waals surface area contributed by atoms with Crippen LogP contribution in [-0.2, 0) is 26.8 Å². The van der Waals surface area contributed by atoms with E-state index in [-0.39, 0.29) is 29.1 Å². The molecule has 0 aliphatic heterocycles. The van der Waals surface area contributed by atoms with Gasteiger partial charge in [0, 0.05) is 13.1 Å². The van der Waals surface area contributed by atoms with Crippen LogP contribution in [0.3, 0.4) is 0 Å². The Hall–Kier alpha value is -1.55. The summed E-state index contributed by atoms with van der Waals surface area (Å²) in [4.78, 5) is 18.2. The third-order valence-corrected chi connectivity index (χ3v) is 11.6. The minimum atomic E-state index is -5.81. The first-order valence-electron chi connectivity index (χ1n) is 12.6. The van der Waals surface area contributed by atoms with Crippen LogP contribution in [-0.4, -0.2) is 36.2 Å². The van der Waals surface area contributed by atoms with E-state index in [1.807, 2.05) is 0 Å². The van der Waals surface area contributed by atoms with Gasteiger partial charge in [0.1, 0.15) is 10.6 Å². The summed E-state index contributed by atoms with van der Waals surface area (Å²) < 4.78 is 74.9. The highest BCUT2D eigenvalue weighted by molar-refractivity contribution is 7.89. The van der Waals surface area contributed by atoms with E-state index in [0.29, 0.717) is 23.3 Å². The Balaban J connectivity index is 1.52. The monoisotopic (exact) mass is 589 g/mol. The maximum atomic E-state index is 14.3. The number of rotatable bonds is 9. The predicted octanol–water partition coefficient (Wildman–Crippen LogP) is 5.98. The fourth-order valence-electron chi connectivity index (χ4n) is 7.32. The lowest BCUT2D eigenvalue weighted by atomic mass is 9.49. The van der Waals surface area contributed by atoms with Gasteiger partial charge in [-0.25, -0.2) is 8.42 Å². The summed E-state index contributed by atoms with van der Waals surface area (Å²) in [5.41, 5.74) is -5.29. The van der Waals surface area contributed by atoms with Crippen molar-refractivity contribution in [1.29, 1.82) is 0 Å². The number of halogens is 3. The summed E-state index contributed by atoms with van der Waals surface area (Å²) in [5.74, 6) is 2.00. The topological polar surface area (TPSA) is 104 Å². The lowest BCUT2D eigenvalue weighted by Crippen LogP contribution is -2.52. The number of nitrogens with zero attached hydrogens (tertiary/aromatic N) is 1. The van der Waals surface area contributed by atoms with E-state index in [4.69, 9.17) is 26.1 Å². The Labute approximate surface area is 226 Å². The minimum absolute atomic E-state index is 0.0166. The van der Waals surface area contributed by atoms with Crippen LogP contribution in [0.1, 0.15) is 49.7 Å². The summed E-state index contributed by atoms with van der Waals surface area (Å²) in [5, 5.41) is -0.541. The molecule has 12 heteroatoms. The molecular formula is C26H31ClF2NO6PS. The largest absolute Gasteiger partial charge is 0.495 e. The summed E-state index contributed by atoms with van der Waals surface area (Å²) in [6.45, 7) is 0.151. The Morgan fingerprint density at radius 2 is 1.66 bits per heavy atom. The summed E-state index contributed by atoms with van der Waals surface area (Å²) >= 11 is 6.07. The number of para-hydroxylation sites is 1. The van der Waals surface area contributed by atoms with E-state index >= 15 is 0 Å². The highest BCUT2D eigenvalue weighted by Gasteiger charge is 2.53. The second kappa shape index (κ2) is 9.82. The predicted molar refractivity (Wildman–Crippen MR) is 139 cm³/mol. The number of alkyl halides is 2. The van der Waals surface area contributed by atoms with Crippen molar-refractivity contribution >= 4 is 29.2 Å². The van der Waals surface area contributed by atoms with Crippen molar-refractivity contribution in [2.75, 3.05) is 13.7 Å². The molecule has 2 aromatic rings. The number of hydrogen-bond acceptors (Lipinski definition) is 4. The van der Waals surface area contributed by atoms with E-state index < -0.39 is 33.9 Å². The molecule has 0 amide bonds. The fourth-order valence-corrected chi connectivity index (χ4v) is 9.91. The lowest BCUT2D eigenvalue weighted by molar-refractivity contribution is -0.0607. The Morgan fingerprint density at radius 3 is 2.18 bits per heavy atom. The zero-order chi connectivity index (χ0) is 27.5. The molecule has 208 valence electrons. The van der Waals surface area contributed by atoms with Crippen molar-refractivity contribution in [3.8, 4) is 5.75 Å². The molecule has 0 spiro atoms. The van der Waals surface area contributed by atoms with Crippen LogP contribution in [0.25, 0.3) is 0 Å². The SMILES string of the molecule is COc1ccccc1S(=O)(=O)N(Cc1ccc(C(F)(F)P(=O)(O)O)c(Cl)c1)CC12CC3CC(CC(C3)C1)C2. The van der Waals surface area contributed by atoms with E-state index in [2.05, 4.69) is 0 Å². The summed E-state index contributed by atoms with van der Waals surface area (Å²) in [7, 11) is -8.48. The van der Waals surface area contributed by atoms with Crippen molar-refractivity contribution in [3.63, 3.8) is 0 Å². The molecule has 6 rings (SSSR count). The molecule has 0 aromatic heterocycles. The van der Waals surface area contributed by atoms with Gasteiger partial charge < -0.3 is 14.5 Å². The van der Waals surface area contributed by atoms with Crippen molar-refractivity contribution in [1.82, 2.24) is 4.31 Å². The van der Waals surface area contributed by atoms with Gasteiger partial charge in [-0.1, -0.05) is 35.9 Å². The molecule has 0 saturated heterocycles. The highest BCUT2D eigenvalue weighted by atomic mass is 35.5. The van der Waals surface area contributed by atoms with Gasteiger partial charge in [0.25, 0.3) is 0 Å². The molecule has 4 aliphatic rings. The Morgan fingerprint density at radius 1 is 1.08 bits per heavy atom. The number of hydrogen-bond donors (Lipinski definition) is 2. The lowest BCUT2D eigenvalue weighted by Gasteiger charge is -2.57. The maximum absolute atomic E-state index is 14.3. The zero-order valence-corrected chi connectivity index (χ0v) is 23.4. The number of methoxy groups -OCH3 is 1. The standard InChI is InChI=1S/C26H31ClF2NO6PS/c1-36-23-4-2-3-5-24(23)38(34,35)30(16-25-12-18-8-19(13-25)10-20(9-18)14-25)15-17-6-7-21(22(27)11-17)26(28,29)37(31,32)33/h2-7,11,18-20H,8-10,12-16H2,1H3,(H2,31,32,33). The fraction of sp³-hybridized carbons (Fsp3) is 0.538. The first kappa shape index (κ1) is 28.0. The van der Waals surface area contributed by atoms with Crippen LogP contribution in [0.15, 0.2) is 47.4 Å². The zero-order valence-electron chi connectivity index (χ0n) is 20.9. The number of sulfonamides is 1. The third-order valence-electron chi connectivity index (χ3n) is 8.45. The molecule has 0 atom stereocenters. The van der Waals surface area contributed by atoms with Gasteiger partial charge in [-0.15, -0.1) is 0 Å². The quantitative estimate of drug-likeness (QED) is 0.349. The average Bonchev–Trinajstić information content (AvgIpc) is 2.81. The molecule has 0 unspecified atom stereocenters. The molecule has 38 heavy (non-hydrogen) atoms. The molecular weight excluding hydrogens is 559 g/mol. The van der Waals surface area contributed by atoms with Crippen LogP contribution >= 0.6 is 19.2 Å². The van der Waals surface area contributed by atoms with Crippen molar-refractivity contribution < 1.29 is 36.3 Å². The second-order valence-electron chi connectivity index (χ2n) is 11.2. The van der Waals surface area contributed by atoms with Crippen LogP contribution in [0, 0.1) is 23.2 Å². The molecule has 4 bridgehead atoms. The Bertz CT molecular complexity index is 1350. The van der Waals surface area contributed by atoms with Gasteiger partial charge in [-0.3, -0.25) is 4.57 Å². The molecule has 4 aliphatic carbocycles. The Kier molecular flexibility index (Phi) is 7.24. The first-order chi connectivity index (χ1) is 17.7. The highest BCUT2D eigenvalue weighted by Crippen LogP contribution is 2.61. The van der Waals surface area contributed by atoms with Crippen molar-refractivity contribution in [3.05, 3.63) is 58.6 Å². The van der Waals surface area contributed by atoms with Crippen molar-refractivity contribution in [2.24, 2.45) is 23.2 Å². The van der Waals surface area contributed by atoms with E-state index in [0.717, 1.165) is 31.4 Å². The van der Waals surface area contributed by atoms with Gasteiger partial charge in [0.15, 0.2) is 0 Å². The summed E-state index contributed by atoms with van der Waals surface area (Å²) in [6, 6.07) is 9.62. The molecule has 0 radical (unpaired) electrons. The summed E-state index contributed by atoms with van der Waals surface area (Å²) in [6.07, 6.45) is 6.48. The molecule has 0 heterocycles. The maximum Gasteiger partial charge on any atom is 0.399 e. The van der Waals surface area contributed by atoms with Crippen LogP contribution in [0.5, 0.6) is 5.75 Å². The van der Waals surface area contributed by atoms with Gasteiger partial charge in [0.05, 0.1) is 17.7 Å². The smallest absolute Gasteiger partial charge is 0.399 e. The minimum Gasteiger partial charge on any atom is -0.495 e. The van der Waals surface area contributed by atoms with Crippen LogP contribution < -0.4 is 4.74 Å². The third kappa shape index (κ3) is 5.04. The average molecular weight is 590 g/mol. The molecule has 7 nitrogen and oxygen atoms in total. The van der Waals surface area contributed by atoms with Gasteiger partial charge >= 0.3 is 13.3 Å². The van der Waals surface area contributed by atoms with Crippen molar-refractivity contribution in [2.45, 2.75) is 55.6 Å². The number of benzene rings is 2. The van der Waals surface area contributed by atoms with Crippen LogP contribution in [0.2, 0.25) is 5.02 Å². The molecule has 4 saturated carbocycles. The first-order valence-corrected chi connectivity index (χ1v) is 16.0. The molecule has 2 N–H and O–H groups in total. The normalized spacial score (nSPS) is 27.2. The second-order valence-corrected chi connectivity index (χ2v) is 15.2. The van der Waals surface area contributed by atoms with E-state index in [9.17, 15) is 21.8 Å². The van der Waals surface area contributed by atoms with Gasteiger partial charge in [-0.05, 0) is 85.5 Å². The number of ether oxygens (including phenoxy) is 1. The molecule has 4 fully saturated rings. The van der Waals surface area contributed by atoms with Gasteiger partial charge in [0.2, 0.25) is 10.0 Å². The van der Waals surface area contributed by atoms with E-state index in [1.54, 1.807) is 18.2 Å². The van der Waals surface area contributed by atoms with Gasteiger partial charge in [-0.2, -0.15) is 13.1 Å². The van der Waals surface area contributed by atoms with E-state index in [1.165, 1.54) is 42.8 Å². The van der Waals surface area contributed by atoms with Crippen LogP contribution in [0.4, 0.5) is 8.78 Å².